The highest BCUT2D eigenvalue weighted by Gasteiger charge is 2.41. The molecule has 8 nitrogen and oxygen atoms in total. The molecule has 1 saturated carbocycles. The second-order valence-corrected chi connectivity index (χ2v) is 10.9. The molecule has 0 spiro atoms. The van der Waals surface area contributed by atoms with E-state index in [0.717, 1.165) is 31.4 Å². The second kappa shape index (κ2) is 14.1. The second-order valence-electron chi connectivity index (χ2n) is 10.4. The van der Waals surface area contributed by atoms with E-state index in [2.05, 4.69) is 16.0 Å². The van der Waals surface area contributed by atoms with Gasteiger partial charge in [-0.3, -0.25) is 0 Å². The zero-order chi connectivity index (χ0) is 26.0. The Morgan fingerprint density at radius 2 is 2.00 bits per heavy atom. The molecule has 9 heteroatoms. The molecule has 2 aliphatic rings. The molecule has 2 fully saturated rings. The number of carboxylic acid groups (broad SMARTS) is 1. The lowest BCUT2D eigenvalue weighted by Gasteiger charge is -2.44. The van der Waals surface area contributed by atoms with Crippen molar-refractivity contribution in [1.29, 1.82) is 0 Å². The summed E-state index contributed by atoms with van der Waals surface area (Å²) in [6.07, 6.45) is 8.16. The van der Waals surface area contributed by atoms with E-state index in [0.29, 0.717) is 24.0 Å². The summed E-state index contributed by atoms with van der Waals surface area (Å²) in [6, 6.07) is 7.71. The number of benzene rings is 1. The van der Waals surface area contributed by atoms with Gasteiger partial charge < -0.3 is 30.7 Å². The topological polar surface area (TPSA) is 103 Å². The summed E-state index contributed by atoms with van der Waals surface area (Å²) in [4.78, 5) is 26.2. The minimum Gasteiger partial charge on any atom is -0.465 e. The lowest BCUT2D eigenvalue weighted by Crippen LogP contribution is -2.54. The van der Waals surface area contributed by atoms with Crippen LogP contribution < -0.4 is 16.0 Å². The van der Waals surface area contributed by atoms with Gasteiger partial charge in [0.25, 0.3) is 0 Å². The molecular formula is C27H43ClN4O4. The first-order valence-corrected chi connectivity index (χ1v) is 13.8. The number of rotatable bonds is 11. The Balaban J connectivity index is 1.68. The van der Waals surface area contributed by atoms with Gasteiger partial charge in [0.1, 0.15) is 0 Å². The van der Waals surface area contributed by atoms with Crippen molar-refractivity contribution in [3.05, 3.63) is 34.9 Å². The Kier molecular flexibility index (Phi) is 11.1. The van der Waals surface area contributed by atoms with E-state index in [1.165, 1.54) is 32.1 Å². The standard InChI is InChI=1S/C27H43ClN4O4/c1-27(36-15-13-30-26(34)35,21-10-6-12-23(28)17-21)22-11-7-14-32(19-22)25(33)31-24(18-29-2)16-20-8-4-3-5-9-20/h6,10,12,17,20,22,24,29-30H,3-5,7-9,11,13-16,18-19H2,1-2H3,(H,31,33)(H,34,35). The van der Waals surface area contributed by atoms with Crippen molar-refractivity contribution >= 4 is 23.7 Å². The number of carbonyl (C=O) groups excluding carboxylic acids is 1. The van der Waals surface area contributed by atoms with Crippen LogP contribution in [-0.4, -0.2) is 68.0 Å². The monoisotopic (exact) mass is 522 g/mol. The third kappa shape index (κ3) is 8.25. The van der Waals surface area contributed by atoms with Crippen LogP contribution in [0.2, 0.25) is 5.02 Å². The number of hydrogen-bond acceptors (Lipinski definition) is 4. The van der Waals surface area contributed by atoms with Crippen molar-refractivity contribution in [3.63, 3.8) is 0 Å². The summed E-state index contributed by atoms with van der Waals surface area (Å²) < 4.78 is 6.36. The van der Waals surface area contributed by atoms with Crippen LogP contribution in [0.25, 0.3) is 0 Å². The third-order valence-corrected chi connectivity index (χ3v) is 8.02. The third-order valence-electron chi connectivity index (χ3n) is 7.79. The van der Waals surface area contributed by atoms with Crippen molar-refractivity contribution in [3.8, 4) is 0 Å². The normalized spacial score (nSPS) is 21.4. The van der Waals surface area contributed by atoms with Gasteiger partial charge in [-0.1, -0.05) is 55.8 Å². The Labute approximate surface area is 220 Å². The maximum atomic E-state index is 13.4. The van der Waals surface area contributed by atoms with Crippen LogP contribution in [-0.2, 0) is 10.3 Å². The SMILES string of the molecule is CNCC(CC1CCCCC1)NC(=O)N1CCCC(C(C)(OCCNC(=O)O)c2cccc(Cl)c2)C1. The lowest BCUT2D eigenvalue weighted by molar-refractivity contribution is -0.0925. The molecule has 1 aromatic carbocycles. The Bertz CT molecular complexity index is 851. The summed E-state index contributed by atoms with van der Waals surface area (Å²) >= 11 is 6.31. The van der Waals surface area contributed by atoms with E-state index in [4.69, 9.17) is 21.4 Å². The highest BCUT2D eigenvalue weighted by molar-refractivity contribution is 6.30. The van der Waals surface area contributed by atoms with E-state index < -0.39 is 11.7 Å². The number of nitrogens with one attached hydrogen (secondary N) is 3. The molecule has 1 aliphatic carbocycles. The summed E-state index contributed by atoms with van der Waals surface area (Å²) in [5.74, 6) is 0.729. The number of nitrogens with zero attached hydrogens (tertiary/aromatic N) is 1. The molecule has 36 heavy (non-hydrogen) atoms. The summed E-state index contributed by atoms with van der Waals surface area (Å²) in [5, 5.41) is 18.5. The quantitative estimate of drug-likeness (QED) is 0.312. The van der Waals surface area contributed by atoms with Crippen LogP contribution in [0.1, 0.15) is 63.9 Å². The molecule has 0 bridgehead atoms. The average Bonchev–Trinajstić information content (AvgIpc) is 2.87. The van der Waals surface area contributed by atoms with E-state index in [9.17, 15) is 9.59 Å². The largest absolute Gasteiger partial charge is 0.465 e. The van der Waals surface area contributed by atoms with Crippen LogP contribution >= 0.6 is 11.6 Å². The van der Waals surface area contributed by atoms with E-state index in [1.54, 1.807) is 0 Å². The van der Waals surface area contributed by atoms with Crippen molar-refractivity contribution in [2.24, 2.45) is 11.8 Å². The summed E-state index contributed by atoms with van der Waals surface area (Å²) in [5.41, 5.74) is 0.221. The molecule has 1 saturated heterocycles. The fourth-order valence-corrected chi connectivity index (χ4v) is 5.99. The van der Waals surface area contributed by atoms with E-state index >= 15 is 0 Å². The van der Waals surface area contributed by atoms with Gasteiger partial charge in [0.2, 0.25) is 0 Å². The maximum absolute atomic E-state index is 13.4. The van der Waals surface area contributed by atoms with E-state index in [1.807, 2.05) is 43.1 Å². The van der Waals surface area contributed by atoms with Gasteiger partial charge >= 0.3 is 12.1 Å². The number of ether oxygens (including phenoxy) is 1. The first kappa shape index (κ1) is 28.5. The average molecular weight is 523 g/mol. The molecule has 3 unspecified atom stereocenters. The predicted octanol–water partition coefficient (Wildman–Crippen LogP) is 4.82. The number of likely N-dealkylation sites (tertiary alicyclic amines) is 1. The van der Waals surface area contributed by atoms with Crippen molar-refractivity contribution < 1.29 is 19.4 Å². The number of carbonyl (C=O) groups is 2. The van der Waals surface area contributed by atoms with Gasteiger partial charge in [0.05, 0.1) is 12.2 Å². The smallest absolute Gasteiger partial charge is 0.404 e. The van der Waals surface area contributed by atoms with Crippen LogP contribution in [0.15, 0.2) is 24.3 Å². The number of halogens is 1. The minimum absolute atomic E-state index is 0.0169. The Morgan fingerprint density at radius 1 is 1.22 bits per heavy atom. The lowest BCUT2D eigenvalue weighted by atomic mass is 9.78. The van der Waals surface area contributed by atoms with Crippen LogP contribution in [0.4, 0.5) is 9.59 Å². The molecule has 3 amide bonds. The van der Waals surface area contributed by atoms with Crippen molar-refractivity contribution in [2.75, 3.05) is 39.8 Å². The van der Waals surface area contributed by atoms with Crippen molar-refractivity contribution in [1.82, 2.24) is 20.9 Å². The van der Waals surface area contributed by atoms with Crippen LogP contribution in [0.5, 0.6) is 0 Å². The van der Waals surface area contributed by atoms with Gasteiger partial charge in [-0.05, 0) is 56.8 Å². The number of amides is 3. The zero-order valence-corrected chi connectivity index (χ0v) is 22.5. The van der Waals surface area contributed by atoms with Crippen molar-refractivity contribution in [2.45, 2.75) is 69.9 Å². The molecular weight excluding hydrogens is 480 g/mol. The fraction of sp³-hybridized carbons (Fsp3) is 0.704. The highest BCUT2D eigenvalue weighted by atomic mass is 35.5. The Hall–Kier alpha value is -2.03. The molecule has 3 rings (SSSR count). The first-order valence-electron chi connectivity index (χ1n) is 13.4. The van der Waals surface area contributed by atoms with Crippen LogP contribution in [0.3, 0.4) is 0 Å². The van der Waals surface area contributed by atoms with Gasteiger partial charge in [-0.2, -0.15) is 0 Å². The van der Waals surface area contributed by atoms with Gasteiger partial charge in [-0.15, -0.1) is 0 Å². The number of hydrogen-bond donors (Lipinski definition) is 4. The fourth-order valence-electron chi connectivity index (χ4n) is 5.80. The molecule has 4 N–H and O–H groups in total. The first-order chi connectivity index (χ1) is 17.3. The highest BCUT2D eigenvalue weighted by Crippen LogP contribution is 2.39. The summed E-state index contributed by atoms with van der Waals surface area (Å²) in [7, 11) is 1.93. The zero-order valence-electron chi connectivity index (χ0n) is 21.7. The van der Waals surface area contributed by atoms with Crippen LogP contribution in [0, 0.1) is 11.8 Å². The molecule has 1 aromatic rings. The van der Waals surface area contributed by atoms with Gasteiger partial charge in [0, 0.05) is 43.2 Å². The maximum Gasteiger partial charge on any atom is 0.404 e. The predicted molar refractivity (Wildman–Crippen MR) is 143 cm³/mol. The Morgan fingerprint density at radius 3 is 2.69 bits per heavy atom. The summed E-state index contributed by atoms with van der Waals surface area (Å²) in [6.45, 7) is 4.48. The number of urea groups is 1. The van der Waals surface area contributed by atoms with Gasteiger partial charge in [0.15, 0.2) is 0 Å². The van der Waals surface area contributed by atoms with E-state index in [-0.39, 0.29) is 31.1 Å². The molecule has 0 aromatic heterocycles. The number of piperidine rings is 1. The molecule has 202 valence electrons. The molecule has 1 aliphatic heterocycles. The molecule has 3 atom stereocenters. The molecule has 0 radical (unpaired) electrons. The number of likely N-dealkylation sites (N-methyl/N-ethyl adjacent to an activating group) is 1. The minimum atomic E-state index is -1.08. The van der Waals surface area contributed by atoms with Gasteiger partial charge in [-0.25, -0.2) is 9.59 Å². The molecule has 1 heterocycles.